The van der Waals surface area contributed by atoms with Gasteiger partial charge in [0.25, 0.3) is 0 Å². The summed E-state index contributed by atoms with van der Waals surface area (Å²) in [5.41, 5.74) is 0. The fourth-order valence-electron chi connectivity index (χ4n) is 2.46. The molecule has 1 fully saturated rings. The van der Waals surface area contributed by atoms with Crippen LogP contribution < -0.4 is 10.6 Å². The van der Waals surface area contributed by atoms with E-state index in [1.165, 1.54) is 0 Å². The molecule has 0 heterocycles. The lowest BCUT2D eigenvalue weighted by Gasteiger charge is -2.28. The topological polar surface area (TPSA) is 78.4 Å². The molecule has 3 N–H and O–H groups in total. The number of urea groups is 1. The Hall–Kier alpha value is -1.26. The summed E-state index contributed by atoms with van der Waals surface area (Å²) in [5.74, 6) is -0.315. The smallest absolute Gasteiger partial charge is 0.326 e. The molecule has 0 aromatic carbocycles. The number of carboxylic acid groups (broad SMARTS) is 1. The van der Waals surface area contributed by atoms with Gasteiger partial charge in [-0.25, -0.2) is 9.59 Å². The first kappa shape index (κ1) is 15.8. The van der Waals surface area contributed by atoms with Crippen LogP contribution in [0.1, 0.15) is 52.9 Å². The van der Waals surface area contributed by atoms with Crippen molar-refractivity contribution in [1.29, 1.82) is 0 Å². The van der Waals surface area contributed by atoms with Gasteiger partial charge in [-0.05, 0) is 37.5 Å². The van der Waals surface area contributed by atoms with Crippen molar-refractivity contribution in [3.63, 3.8) is 0 Å². The number of carbonyl (C=O) groups excluding carboxylic acids is 1. The highest BCUT2D eigenvalue weighted by atomic mass is 16.4. The normalized spacial score (nSPS) is 26.3. The molecule has 1 unspecified atom stereocenters. The third-order valence-electron chi connectivity index (χ3n) is 4.12. The van der Waals surface area contributed by atoms with Gasteiger partial charge in [0.1, 0.15) is 6.04 Å². The number of hydrogen-bond acceptors (Lipinski definition) is 2. The maximum atomic E-state index is 11.8. The summed E-state index contributed by atoms with van der Waals surface area (Å²) in [4.78, 5) is 23.0. The zero-order valence-corrected chi connectivity index (χ0v) is 12.1. The van der Waals surface area contributed by atoms with Crippen molar-refractivity contribution in [2.24, 2.45) is 11.8 Å². The molecule has 19 heavy (non-hydrogen) atoms. The van der Waals surface area contributed by atoms with Crippen LogP contribution in [0, 0.1) is 11.8 Å². The molecule has 5 nitrogen and oxygen atoms in total. The molecule has 0 spiro atoms. The maximum Gasteiger partial charge on any atom is 0.326 e. The minimum absolute atomic E-state index is 0.0744. The minimum Gasteiger partial charge on any atom is -0.480 e. The van der Waals surface area contributed by atoms with Gasteiger partial charge in [0.15, 0.2) is 0 Å². The largest absolute Gasteiger partial charge is 0.480 e. The molecule has 0 radical (unpaired) electrons. The van der Waals surface area contributed by atoms with Gasteiger partial charge in [0, 0.05) is 6.04 Å². The van der Waals surface area contributed by atoms with Crippen LogP contribution in [-0.2, 0) is 4.79 Å². The highest BCUT2D eigenvalue weighted by Gasteiger charge is 2.26. The van der Waals surface area contributed by atoms with Crippen LogP contribution in [0.2, 0.25) is 0 Å². The van der Waals surface area contributed by atoms with Crippen molar-refractivity contribution >= 4 is 12.0 Å². The molecule has 5 heteroatoms. The van der Waals surface area contributed by atoms with Crippen LogP contribution in [0.3, 0.4) is 0 Å². The van der Waals surface area contributed by atoms with Gasteiger partial charge in [-0.2, -0.15) is 0 Å². The molecule has 1 saturated carbocycles. The van der Waals surface area contributed by atoms with Crippen molar-refractivity contribution in [1.82, 2.24) is 10.6 Å². The summed E-state index contributed by atoms with van der Waals surface area (Å²) in [6.45, 7) is 5.98. The Morgan fingerprint density at radius 2 is 1.84 bits per heavy atom. The number of amides is 2. The lowest BCUT2D eigenvalue weighted by molar-refractivity contribution is -0.140. The number of carbonyl (C=O) groups is 2. The van der Waals surface area contributed by atoms with E-state index in [0.717, 1.165) is 38.0 Å². The van der Waals surface area contributed by atoms with Crippen LogP contribution in [0.25, 0.3) is 0 Å². The van der Waals surface area contributed by atoms with E-state index in [9.17, 15) is 9.59 Å². The predicted octanol–water partition coefficient (Wildman–Crippen LogP) is 2.36. The molecule has 1 rings (SSSR count). The SMILES string of the molecule is CCC(C)[C@H](NC(=O)NC1CCC(C)CC1)C(=O)O. The Bertz CT molecular complexity index is 312. The van der Waals surface area contributed by atoms with Crippen LogP contribution in [0.15, 0.2) is 0 Å². The van der Waals surface area contributed by atoms with E-state index in [0.29, 0.717) is 0 Å². The van der Waals surface area contributed by atoms with Crippen molar-refractivity contribution in [2.75, 3.05) is 0 Å². The van der Waals surface area contributed by atoms with Crippen molar-refractivity contribution in [2.45, 2.75) is 65.0 Å². The van der Waals surface area contributed by atoms with E-state index in [2.05, 4.69) is 17.6 Å². The third-order valence-corrected chi connectivity index (χ3v) is 4.12. The molecule has 0 aliphatic heterocycles. The quantitative estimate of drug-likeness (QED) is 0.717. The van der Waals surface area contributed by atoms with Gasteiger partial charge in [0.2, 0.25) is 0 Å². The standard InChI is InChI=1S/C14H26N2O3/c1-4-10(3)12(13(17)18)16-14(19)15-11-7-5-9(2)6-8-11/h9-12H,4-8H2,1-3H3,(H,17,18)(H2,15,16,19)/t9?,10?,11?,12-/m0/s1. The third kappa shape index (κ3) is 5.09. The van der Waals surface area contributed by atoms with Crippen molar-refractivity contribution < 1.29 is 14.7 Å². The van der Waals surface area contributed by atoms with Crippen molar-refractivity contribution in [3.05, 3.63) is 0 Å². The second-order valence-corrected chi connectivity index (χ2v) is 5.78. The van der Waals surface area contributed by atoms with Gasteiger partial charge in [0.05, 0.1) is 0 Å². The average Bonchev–Trinajstić information content (AvgIpc) is 2.37. The van der Waals surface area contributed by atoms with Gasteiger partial charge in [-0.3, -0.25) is 0 Å². The summed E-state index contributed by atoms with van der Waals surface area (Å²) in [6.07, 6.45) is 4.93. The summed E-state index contributed by atoms with van der Waals surface area (Å²) < 4.78 is 0. The number of rotatable bonds is 5. The molecule has 2 atom stereocenters. The van der Waals surface area contributed by atoms with Crippen LogP contribution in [-0.4, -0.2) is 29.2 Å². The predicted molar refractivity (Wildman–Crippen MR) is 74.0 cm³/mol. The summed E-state index contributed by atoms with van der Waals surface area (Å²) in [7, 11) is 0. The van der Waals surface area contributed by atoms with E-state index < -0.39 is 12.0 Å². The first-order valence-corrected chi connectivity index (χ1v) is 7.23. The zero-order chi connectivity index (χ0) is 14.4. The van der Waals surface area contributed by atoms with Gasteiger partial charge in [-0.1, -0.05) is 27.2 Å². The van der Waals surface area contributed by atoms with E-state index >= 15 is 0 Å². The van der Waals surface area contributed by atoms with Crippen LogP contribution in [0.4, 0.5) is 4.79 Å². The fourth-order valence-corrected chi connectivity index (χ4v) is 2.46. The van der Waals surface area contributed by atoms with Gasteiger partial charge < -0.3 is 15.7 Å². The van der Waals surface area contributed by atoms with Gasteiger partial charge >= 0.3 is 12.0 Å². The average molecular weight is 270 g/mol. The molecule has 0 aromatic rings. The maximum absolute atomic E-state index is 11.8. The van der Waals surface area contributed by atoms with Crippen molar-refractivity contribution in [3.8, 4) is 0 Å². The monoisotopic (exact) mass is 270 g/mol. The Balaban J connectivity index is 2.42. The lowest BCUT2D eigenvalue weighted by atomic mass is 9.87. The number of nitrogens with one attached hydrogen (secondary N) is 2. The fraction of sp³-hybridized carbons (Fsp3) is 0.857. The molecule has 1 aliphatic carbocycles. The summed E-state index contributed by atoms with van der Waals surface area (Å²) in [5, 5.41) is 14.6. The minimum atomic E-state index is -0.971. The van der Waals surface area contributed by atoms with Crippen LogP contribution in [0.5, 0.6) is 0 Å². The highest BCUT2D eigenvalue weighted by molar-refractivity contribution is 5.82. The molecule has 1 aliphatic rings. The molecular weight excluding hydrogens is 244 g/mol. The molecule has 0 bridgehead atoms. The zero-order valence-electron chi connectivity index (χ0n) is 12.1. The lowest BCUT2D eigenvalue weighted by Crippen LogP contribution is -2.51. The second kappa shape index (κ2) is 7.36. The van der Waals surface area contributed by atoms with E-state index in [4.69, 9.17) is 5.11 Å². The summed E-state index contributed by atoms with van der Waals surface area (Å²) >= 11 is 0. The Morgan fingerprint density at radius 1 is 1.26 bits per heavy atom. The number of aliphatic carboxylic acids is 1. The molecule has 0 saturated heterocycles. The second-order valence-electron chi connectivity index (χ2n) is 5.78. The molecule has 0 aromatic heterocycles. The number of carboxylic acids is 1. The summed E-state index contributed by atoms with van der Waals surface area (Å²) in [6, 6.07) is -0.984. The first-order valence-electron chi connectivity index (χ1n) is 7.23. The Morgan fingerprint density at radius 3 is 2.32 bits per heavy atom. The Kier molecular flexibility index (Phi) is 6.12. The Labute approximate surface area is 115 Å². The molecule has 110 valence electrons. The van der Waals surface area contributed by atoms with E-state index in [1.54, 1.807) is 0 Å². The molecule has 2 amide bonds. The van der Waals surface area contributed by atoms with E-state index in [1.807, 2.05) is 13.8 Å². The highest BCUT2D eigenvalue weighted by Crippen LogP contribution is 2.23. The number of hydrogen-bond donors (Lipinski definition) is 3. The first-order chi connectivity index (χ1) is 8.93. The van der Waals surface area contributed by atoms with E-state index in [-0.39, 0.29) is 18.0 Å². The van der Waals surface area contributed by atoms with Crippen LogP contribution >= 0.6 is 0 Å². The molecular formula is C14H26N2O3. The van der Waals surface area contributed by atoms with Gasteiger partial charge in [-0.15, -0.1) is 0 Å².